The zero-order chi connectivity index (χ0) is 10.9. The predicted octanol–water partition coefficient (Wildman–Crippen LogP) is 1.44. The summed E-state index contributed by atoms with van der Waals surface area (Å²) >= 11 is 0. The minimum absolute atomic E-state index is 0.0330. The van der Waals surface area contributed by atoms with Gasteiger partial charge >= 0.3 is 0 Å². The molecule has 2 unspecified atom stereocenters. The Kier molecular flexibility index (Phi) is 3.33. The van der Waals surface area contributed by atoms with Gasteiger partial charge < -0.3 is 9.64 Å². The second-order valence-electron chi connectivity index (χ2n) is 5.75. The van der Waals surface area contributed by atoms with Crippen molar-refractivity contribution in [2.75, 3.05) is 26.7 Å². The van der Waals surface area contributed by atoms with Crippen LogP contribution in [0.1, 0.15) is 33.1 Å². The topological polar surface area (TPSA) is 24.5 Å². The van der Waals surface area contributed by atoms with E-state index in [4.69, 9.17) is 4.74 Å². The lowest BCUT2D eigenvalue weighted by Gasteiger charge is -2.31. The number of likely N-dealkylation sites (tertiary alicyclic amines) is 1. The first-order valence-corrected chi connectivity index (χ1v) is 6.15. The van der Waals surface area contributed by atoms with Crippen LogP contribution >= 0.6 is 0 Å². The van der Waals surface area contributed by atoms with Crippen molar-refractivity contribution in [3.05, 3.63) is 0 Å². The Bertz CT molecular complexity index is 218. The minimum Gasteiger partial charge on any atom is -0.356 e. The van der Waals surface area contributed by atoms with Gasteiger partial charge in [0.25, 0.3) is 0 Å². The average Bonchev–Trinajstić information content (AvgIpc) is 2.45. The Labute approximate surface area is 93.2 Å². The summed E-state index contributed by atoms with van der Waals surface area (Å²) in [5.41, 5.74) is 0.0330. The second-order valence-corrected chi connectivity index (χ2v) is 5.75. The summed E-state index contributed by atoms with van der Waals surface area (Å²) in [5.74, 6) is 0.815. The summed E-state index contributed by atoms with van der Waals surface area (Å²) in [6.07, 6.45) is 4.17. The van der Waals surface area contributed by atoms with Crippen LogP contribution in [0, 0.1) is 5.92 Å². The Hall–Kier alpha value is -0.120. The van der Waals surface area contributed by atoms with Gasteiger partial charge in [-0.3, -0.25) is 5.32 Å². The van der Waals surface area contributed by atoms with E-state index >= 15 is 0 Å². The molecular weight excluding hydrogens is 188 g/mol. The Morgan fingerprint density at radius 2 is 2.27 bits per heavy atom. The van der Waals surface area contributed by atoms with Gasteiger partial charge in [0.1, 0.15) is 6.23 Å². The summed E-state index contributed by atoms with van der Waals surface area (Å²) in [6.45, 7) is 7.81. The van der Waals surface area contributed by atoms with Gasteiger partial charge in [-0.2, -0.15) is 0 Å². The standard InChI is InChI=1S/C12H24N2O/c1-12(2)9-13-11(15-12)7-10-5-4-6-14(3)8-10/h10-11,13H,4-9H2,1-3H3. The number of ether oxygens (including phenoxy) is 1. The normalized spacial score (nSPS) is 37.0. The predicted molar refractivity (Wildman–Crippen MR) is 61.8 cm³/mol. The summed E-state index contributed by atoms with van der Waals surface area (Å²) in [4.78, 5) is 2.44. The highest BCUT2D eigenvalue weighted by atomic mass is 16.5. The number of nitrogens with zero attached hydrogens (tertiary/aromatic N) is 1. The van der Waals surface area contributed by atoms with Crippen LogP contribution in [0.3, 0.4) is 0 Å². The van der Waals surface area contributed by atoms with Crippen molar-refractivity contribution in [1.29, 1.82) is 0 Å². The van der Waals surface area contributed by atoms with Gasteiger partial charge in [0.2, 0.25) is 0 Å². The largest absolute Gasteiger partial charge is 0.356 e. The summed E-state index contributed by atoms with van der Waals surface area (Å²) in [5, 5.41) is 3.47. The lowest BCUT2D eigenvalue weighted by molar-refractivity contribution is -0.0286. The molecule has 0 aliphatic carbocycles. The van der Waals surface area contributed by atoms with Gasteiger partial charge in [-0.15, -0.1) is 0 Å². The van der Waals surface area contributed by atoms with Crippen LogP contribution in [0.5, 0.6) is 0 Å². The SMILES string of the molecule is CN1CCCC(CC2NCC(C)(C)O2)C1. The second kappa shape index (κ2) is 4.40. The van der Waals surface area contributed by atoms with Gasteiger partial charge in [0.15, 0.2) is 0 Å². The molecule has 0 radical (unpaired) electrons. The molecule has 0 spiro atoms. The van der Waals surface area contributed by atoms with Crippen molar-refractivity contribution < 1.29 is 4.74 Å². The highest BCUT2D eigenvalue weighted by Crippen LogP contribution is 2.25. The van der Waals surface area contributed by atoms with Gasteiger partial charge in [-0.25, -0.2) is 0 Å². The lowest BCUT2D eigenvalue weighted by Crippen LogP contribution is -2.36. The Morgan fingerprint density at radius 3 is 2.87 bits per heavy atom. The van der Waals surface area contributed by atoms with Crippen molar-refractivity contribution in [3.63, 3.8) is 0 Å². The van der Waals surface area contributed by atoms with Gasteiger partial charge in [-0.05, 0) is 52.6 Å². The number of rotatable bonds is 2. The van der Waals surface area contributed by atoms with E-state index in [1.54, 1.807) is 0 Å². The fourth-order valence-corrected chi connectivity index (χ4v) is 2.73. The van der Waals surface area contributed by atoms with Crippen LogP contribution in [0.25, 0.3) is 0 Å². The molecule has 0 saturated carbocycles. The van der Waals surface area contributed by atoms with Crippen molar-refractivity contribution in [2.24, 2.45) is 5.92 Å². The molecule has 2 fully saturated rings. The van der Waals surface area contributed by atoms with E-state index in [1.165, 1.54) is 32.4 Å². The van der Waals surface area contributed by atoms with Crippen molar-refractivity contribution in [3.8, 4) is 0 Å². The Balaban J connectivity index is 1.77. The number of nitrogens with one attached hydrogen (secondary N) is 1. The third kappa shape index (κ3) is 3.16. The highest BCUT2D eigenvalue weighted by molar-refractivity contribution is 4.83. The lowest BCUT2D eigenvalue weighted by atomic mass is 9.94. The molecule has 3 heteroatoms. The van der Waals surface area contributed by atoms with Crippen molar-refractivity contribution >= 4 is 0 Å². The molecule has 0 aromatic heterocycles. The van der Waals surface area contributed by atoms with E-state index in [2.05, 4.69) is 31.1 Å². The van der Waals surface area contributed by atoms with Crippen molar-refractivity contribution in [2.45, 2.75) is 44.9 Å². The maximum Gasteiger partial charge on any atom is 0.109 e. The van der Waals surface area contributed by atoms with Gasteiger partial charge in [-0.1, -0.05) is 0 Å². The molecule has 2 saturated heterocycles. The molecule has 2 aliphatic rings. The molecule has 88 valence electrons. The molecule has 0 aromatic carbocycles. The zero-order valence-electron chi connectivity index (χ0n) is 10.3. The molecule has 2 heterocycles. The molecule has 2 aliphatic heterocycles. The van der Waals surface area contributed by atoms with Gasteiger partial charge in [0.05, 0.1) is 5.60 Å². The van der Waals surface area contributed by atoms with Crippen LogP contribution in [0.15, 0.2) is 0 Å². The van der Waals surface area contributed by atoms with Crippen LogP contribution < -0.4 is 5.32 Å². The maximum atomic E-state index is 5.96. The van der Waals surface area contributed by atoms with E-state index in [0.717, 1.165) is 12.5 Å². The molecule has 2 atom stereocenters. The van der Waals surface area contributed by atoms with Crippen LogP contribution in [0.2, 0.25) is 0 Å². The van der Waals surface area contributed by atoms with Crippen LogP contribution in [-0.4, -0.2) is 43.4 Å². The third-order valence-electron chi connectivity index (χ3n) is 3.49. The van der Waals surface area contributed by atoms with Crippen molar-refractivity contribution in [1.82, 2.24) is 10.2 Å². The molecular formula is C12H24N2O. The first-order chi connectivity index (χ1) is 7.05. The minimum atomic E-state index is 0.0330. The quantitative estimate of drug-likeness (QED) is 0.749. The Morgan fingerprint density at radius 1 is 1.47 bits per heavy atom. The van der Waals surface area contributed by atoms with E-state index in [-0.39, 0.29) is 11.8 Å². The molecule has 0 bridgehead atoms. The van der Waals surface area contributed by atoms with Crippen LogP contribution in [-0.2, 0) is 4.74 Å². The monoisotopic (exact) mass is 212 g/mol. The number of hydrogen-bond donors (Lipinski definition) is 1. The summed E-state index contributed by atoms with van der Waals surface area (Å²) in [7, 11) is 2.22. The first-order valence-electron chi connectivity index (χ1n) is 6.15. The summed E-state index contributed by atoms with van der Waals surface area (Å²) < 4.78 is 5.96. The molecule has 1 N–H and O–H groups in total. The number of piperidine rings is 1. The number of hydrogen-bond acceptors (Lipinski definition) is 3. The fourth-order valence-electron chi connectivity index (χ4n) is 2.73. The smallest absolute Gasteiger partial charge is 0.109 e. The highest BCUT2D eigenvalue weighted by Gasteiger charge is 2.33. The summed E-state index contributed by atoms with van der Waals surface area (Å²) in [6, 6.07) is 0. The van der Waals surface area contributed by atoms with E-state index in [0.29, 0.717) is 0 Å². The molecule has 0 aromatic rings. The van der Waals surface area contributed by atoms with E-state index < -0.39 is 0 Å². The molecule has 15 heavy (non-hydrogen) atoms. The first kappa shape index (κ1) is 11.4. The maximum absolute atomic E-state index is 5.96. The third-order valence-corrected chi connectivity index (χ3v) is 3.49. The fraction of sp³-hybridized carbons (Fsp3) is 1.00. The van der Waals surface area contributed by atoms with E-state index in [1.807, 2.05) is 0 Å². The molecule has 3 nitrogen and oxygen atoms in total. The molecule has 0 amide bonds. The van der Waals surface area contributed by atoms with Crippen LogP contribution in [0.4, 0.5) is 0 Å². The average molecular weight is 212 g/mol. The van der Waals surface area contributed by atoms with Gasteiger partial charge in [0, 0.05) is 13.1 Å². The van der Waals surface area contributed by atoms with E-state index in [9.17, 15) is 0 Å². The molecule has 2 rings (SSSR count). The zero-order valence-corrected chi connectivity index (χ0v) is 10.3.